The van der Waals surface area contributed by atoms with Crippen LogP contribution in [0.5, 0.6) is 0 Å². The van der Waals surface area contributed by atoms with E-state index in [0.717, 1.165) is 33.6 Å². The van der Waals surface area contributed by atoms with E-state index >= 15 is 0 Å². The number of hydrogen-bond acceptors (Lipinski definition) is 14. The van der Waals surface area contributed by atoms with Gasteiger partial charge in [0.2, 0.25) is 20.0 Å². The number of pyridine rings is 4. The number of sulfonamides is 2. The van der Waals surface area contributed by atoms with Gasteiger partial charge in [0.1, 0.15) is 32.5 Å². The Hall–Kier alpha value is -8.44. The number of hydrogen-bond donors (Lipinski definition) is 4. The van der Waals surface area contributed by atoms with Crippen LogP contribution in [0, 0.1) is 11.6 Å². The van der Waals surface area contributed by atoms with Gasteiger partial charge in [-0.1, -0.05) is 36.4 Å². The molecule has 72 heavy (non-hydrogen) atoms. The molecule has 10 rings (SSSR count). The Morgan fingerprint density at radius 2 is 1.01 bits per heavy atom. The molecule has 10 aromatic rings. The minimum absolute atomic E-state index is 0.0103. The van der Waals surface area contributed by atoms with Crippen LogP contribution < -0.4 is 20.5 Å². The lowest BCUT2D eigenvalue weighted by Gasteiger charge is -2.20. The fraction of sp³-hybridized carbons (Fsp3) is 0.120. The number of nitrogens with one attached hydrogen (secondary N) is 3. The van der Waals surface area contributed by atoms with Crippen molar-refractivity contribution in [3.05, 3.63) is 182 Å². The maximum Gasteiger partial charge on any atom is 0.242 e. The number of halogens is 2. The molecule has 0 aliphatic heterocycles. The summed E-state index contributed by atoms with van der Waals surface area (Å²) in [5.74, 6) is 0.860. The molecule has 5 N–H and O–H groups in total. The molecule has 18 nitrogen and oxygen atoms in total. The van der Waals surface area contributed by atoms with Crippen LogP contribution in [-0.2, 0) is 33.1 Å². The van der Waals surface area contributed by atoms with Crippen molar-refractivity contribution < 1.29 is 25.6 Å². The largest absolute Gasteiger partial charge is 0.363 e. The van der Waals surface area contributed by atoms with Crippen LogP contribution in [0.2, 0.25) is 0 Å². The molecule has 0 saturated heterocycles. The van der Waals surface area contributed by atoms with Gasteiger partial charge in [0.15, 0.2) is 23.3 Å². The van der Waals surface area contributed by atoms with E-state index in [0.29, 0.717) is 46.9 Å². The smallest absolute Gasteiger partial charge is 0.242 e. The lowest BCUT2D eigenvalue weighted by Crippen LogP contribution is -2.40. The Bertz CT molecular complexity index is 3780. The van der Waals surface area contributed by atoms with Gasteiger partial charge in [0.05, 0.1) is 24.5 Å². The summed E-state index contributed by atoms with van der Waals surface area (Å²) in [5, 5.41) is 21.1. The van der Waals surface area contributed by atoms with E-state index < -0.39 is 25.6 Å². The highest BCUT2D eigenvalue weighted by Gasteiger charge is 2.24. The first-order chi connectivity index (χ1) is 34.5. The summed E-state index contributed by atoms with van der Waals surface area (Å²) in [6.45, 7) is 6.08. The molecular weight excluding hydrogens is 963 g/mol. The second-order valence-electron chi connectivity index (χ2n) is 17.2. The fourth-order valence-corrected chi connectivity index (χ4v) is 9.37. The van der Waals surface area contributed by atoms with Crippen LogP contribution >= 0.6 is 0 Å². The first-order valence-electron chi connectivity index (χ1n) is 22.0. The summed E-state index contributed by atoms with van der Waals surface area (Å²) < 4.78 is 82.4. The van der Waals surface area contributed by atoms with Crippen molar-refractivity contribution in [3.8, 4) is 45.0 Å². The first kappa shape index (κ1) is 48.6. The quantitative estimate of drug-likeness (QED) is 0.0858. The van der Waals surface area contributed by atoms with Gasteiger partial charge >= 0.3 is 0 Å². The van der Waals surface area contributed by atoms with E-state index in [1.54, 1.807) is 78.9 Å². The second kappa shape index (κ2) is 20.1. The summed E-state index contributed by atoms with van der Waals surface area (Å²) in [7, 11) is -7.76. The third kappa shape index (κ3) is 11.3. The molecule has 0 atom stereocenters. The summed E-state index contributed by atoms with van der Waals surface area (Å²) >= 11 is 0. The van der Waals surface area contributed by atoms with Crippen LogP contribution in [0.25, 0.3) is 56.1 Å². The zero-order valence-corrected chi connectivity index (χ0v) is 40.3. The van der Waals surface area contributed by atoms with Crippen molar-refractivity contribution in [2.75, 3.05) is 10.6 Å². The number of nitrogens with two attached hydrogens (primary N) is 1. The molecule has 0 amide bonds. The minimum atomic E-state index is -3.95. The van der Waals surface area contributed by atoms with Crippen molar-refractivity contribution in [3.63, 3.8) is 0 Å². The highest BCUT2D eigenvalue weighted by molar-refractivity contribution is 7.89. The monoisotopic (exact) mass is 1010 g/mol. The second-order valence-corrected chi connectivity index (χ2v) is 20.4. The van der Waals surface area contributed by atoms with Gasteiger partial charge < -0.3 is 10.6 Å². The van der Waals surface area contributed by atoms with Crippen molar-refractivity contribution in [2.24, 2.45) is 5.14 Å². The lowest BCUT2D eigenvalue weighted by molar-refractivity contribution is 0.491. The Labute approximate surface area is 412 Å². The van der Waals surface area contributed by atoms with Crippen molar-refractivity contribution in [1.29, 1.82) is 0 Å². The molecule has 8 heterocycles. The van der Waals surface area contributed by atoms with Crippen LogP contribution in [0.1, 0.15) is 32.2 Å². The van der Waals surface area contributed by atoms with Gasteiger partial charge in [-0.25, -0.2) is 54.5 Å². The predicted octanol–water partition coefficient (Wildman–Crippen LogP) is 7.93. The Balaban J connectivity index is 0.000000179. The van der Waals surface area contributed by atoms with Gasteiger partial charge in [-0.2, -0.15) is 0 Å². The van der Waals surface area contributed by atoms with Crippen LogP contribution in [0.3, 0.4) is 0 Å². The molecule has 0 radical (unpaired) electrons. The van der Waals surface area contributed by atoms with Crippen LogP contribution in [0.15, 0.2) is 169 Å². The number of anilines is 2. The number of nitrogens with zero attached hydrogens (tertiary/aromatic N) is 10. The van der Waals surface area contributed by atoms with E-state index in [4.69, 9.17) is 10.1 Å². The van der Waals surface area contributed by atoms with Crippen molar-refractivity contribution in [2.45, 2.75) is 49.2 Å². The molecular formula is C50H44F2N14O4S2. The molecule has 0 aliphatic carbocycles. The van der Waals surface area contributed by atoms with E-state index in [-0.39, 0.29) is 33.1 Å². The molecule has 0 saturated carbocycles. The molecule has 2 aromatic carbocycles. The number of primary sulfonamides is 1. The average molecular weight is 1010 g/mol. The maximum absolute atomic E-state index is 13.6. The Kier molecular flexibility index (Phi) is 13.6. The summed E-state index contributed by atoms with van der Waals surface area (Å²) in [4.78, 5) is 26.1. The van der Waals surface area contributed by atoms with E-state index in [1.165, 1.54) is 61.2 Å². The number of rotatable bonds is 13. The molecule has 364 valence electrons. The maximum atomic E-state index is 13.6. The Morgan fingerprint density at radius 3 is 1.43 bits per heavy atom. The van der Waals surface area contributed by atoms with Gasteiger partial charge in [-0.05, 0) is 105 Å². The van der Waals surface area contributed by atoms with Gasteiger partial charge in [-0.15, -0.1) is 10.2 Å². The minimum Gasteiger partial charge on any atom is -0.363 e. The zero-order valence-electron chi connectivity index (χ0n) is 38.7. The standard InChI is InChI=1S/C27H26FN7O2S.C23H18FN7O2S/c1-27(2,3)34-38(36,37)22-14-19(15-29-17-22)25-32-26(31-16-21-6-4-5-12-30-21)24-23(11-13-35(24)33-25)18-7-9-20(28)10-8-18;24-17-6-4-15(5-7-17)20-8-10-31-21(20)23(28-13-18-3-1-2-9-27-18)29-22(30-31)16-11-19(14-26-12-16)34(25,32)33/h4-15,17,34H,16H2,1-3H3,(H,31,32,33);1-12,14H,13H2,(H2,25,32,33)(H,28,29,30). The number of benzene rings is 2. The first-order valence-corrected chi connectivity index (χ1v) is 25.1. The lowest BCUT2D eigenvalue weighted by atomic mass is 10.1. The highest BCUT2D eigenvalue weighted by atomic mass is 32.2. The summed E-state index contributed by atoms with van der Waals surface area (Å²) in [6.07, 6.45) is 12.4. The number of aromatic nitrogens is 10. The molecule has 8 aromatic heterocycles. The molecule has 0 fully saturated rings. The van der Waals surface area contributed by atoms with E-state index in [2.05, 4.69) is 50.5 Å². The SMILES string of the molecule is CC(C)(C)NS(=O)(=O)c1cncc(-c2nc(NCc3ccccn3)c3c(-c4ccc(F)cc4)ccn3n2)c1.NS(=O)(=O)c1cncc(-c2nc(NCc3ccccn3)c3c(-c4ccc(F)cc4)ccn3n2)c1. The third-order valence-corrected chi connectivity index (χ3v) is 13.3. The van der Waals surface area contributed by atoms with Gasteiger partial charge in [0.25, 0.3) is 0 Å². The van der Waals surface area contributed by atoms with Crippen molar-refractivity contribution >= 4 is 42.7 Å². The molecule has 0 bridgehead atoms. The molecule has 0 spiro atoms. The third-order valence-electron chi connectivity index (χ3n) is 10.7. The topological polar surface area (TPSA) is 242 Å². The van der Waals surface area contributed by atoms with Gasteiger partial charge in [0, 0.05) is 77.4 Å². The van der Waals surface area contributed by atoms with Crippen LogP contribution in [-0.4, -0.2) is 71.5 Å². The Morgan fingerprint density at radius 1 is 0.569 bits per heavy atom. The van der Waals surface area contributed by atoms with Crippen molar-refractivity contribution in [1.82, 2.24) is 53.9 Å². The van der Waals surface area contributed by atoms with E-state index in [1.807, 2.05) is 48.5 Å². The summed E-state index contributed by atoms with van der Waals surface area (Å²) in [5.41, 5.74) is 6.31. The van der Waals surface area contributed by atoms with Crippen LogP contribution in [0.4, 0.5) is 20.4 Å². The highest BCUT2D eigenvalue weighted by Crippen LogP contribution is 2.34. The zero-order chi connectivity index (χ0) is 50.6. The average Bonchev–Trinajstić information content (AvgIpc) is 4.01. The summed E-state index contributed by atoms with van der Waals surface area (Å²) in [6, 6.07) is 30.2. The predicted molar refractivity (Wildman–Crippen MR) is 268 cm³/mol. The molecule has 0 aliphatic rings. The van der Waals surface area contributed by atoms with E-state index in [9.17, 15) is 25.6 Å². The normalized spacial score (nSPS) is 11.9. The van der Waals surface area contributed by atoms with Gasteiger partial charge in [-0.3, -0.25) is 19.9 Å². The fourth-order valence-electron chi connectivity index (χ4n) is 7.47. The molecule has 22 heteroatoms. The molecule has 0 unspecified atom stereocenters. The number of fused-ring (bicyclic) bond motifs is 2.